The summed E-state index contributed by atoms with van der Waals surface area (Å²) < 4.78 is 31.5. The molecular weight excluding hydrogens is 330 g/mol. The van der Waals surface area contributed by atoms with Crippen LogP contribution in [0.15, 0.2) is 24.3 Å². The normalized spacial score (nSPS) is 26.7. The van der Waals surface area contributed by atoms with E-state index in [1.165, 1.54) is 0 Å². The largest absolute Gasteiger partial charge is 0.374 e. The van der Waals surface area contributed by atoms with Crippen molar-refractivity contribution in [1.82, 2.24) is 9.62 Å². The van der Waals surface area contributed by atoms with E-state index in [1.54, 1.807) is 29.2 Å². The van der Waals surface area contributed by atoms with Crippen LogP contribution in [0.3, 0.4) is 0 Å². The molecule has 3 rings (SSSR count). The smallest absolute Gasteiger partial charge is 0.254 e. The Kier molecular flexibility index (Phi) is 4.58. The maximum atomic E-state index is 12.9. The minimum absolute atomic E-state index is 0.156. The summed E-state index contributed by atoms with van der Waals surface area (Å²) in [6.45, 7) is 0.826. The number of rotatable bonds is 3. The van der Waals surface area contributed by atoms with Crippen LogP contribution in [0.5, 0.6) is 0 Å². The van der Waals surface area contributed by atoms with E-state index >= 15 is 0 Å². The van der Waals surface area contributed by atoms with E-state index in [-0.39, 0.29) is 24.6 Å². The van der Waals surface area contributed by atoms with E-state index in [1.807, 2.05) is 6.07 Å². The fraction of sp³-hybridized carbons (Fsp3) is 0.500. The number of carbonyl (C=O) groups excluding carboxylic acids is 1. The summed E-state index contributed by atoms with van der Waals surface area (Å²) in [4.78, 5) is 14.5. The Morgan fingerprint density at radius 3 is 2.96 bits per heavy atom. The number of hydrogen-bond donors (Lipinski definition) is 1. The second-order valence-corrected chi connectivity index (χ2v) is 7.97. The van der Waals surface area contributed by atoms with Gasteiger partial charge in [-0.05, 0) is 31.0 Å². The van der Waals surface area contributed by atoms with E-state index in [0.29, 0.717) is 17.7 Å². The summed E-state index contributed by atoms with van der Waals surface area (Å²) in [5.74, 6) is -0.203. The molecular formula is C16H19N3O4S. The van der Waals surface area contributed by atoms with E-state index in [9.17, 15) is 13.2 Å². The molecule has 0 saturated carbocycles. The van der Waals surface area contributed by atoms with Gasteiger partial charge in [0.1, 0.15) is 0 Å². The summed E-state index contributed by atoms with van der Waals surface area (Å²) in [6.07, 6.45) is 2.37. The third-order valence-electron chi connectivity index (χ3n) is 4.39. The second-order valence-electron chi connectivity index (χ2n) is 6.19. The highest BCUT2D eigenvalue weighted by Crippen LogP contribution is 2.30. The molecule has 2 saturated heterocycles. The van der Waals surface area contributed by atoms with Crippen molar-refractivity contribution < 1.29 is 17.9 Å². The van der Waals surface area contributed by atoms with E-state index in [2.05, 4.69) is 4.72 Å². The summed E-state index contributed by atoms with van der Waals surface area (Å²) in [5.41, 5.74) is 0.848. The van der Waals surface area contributed by atoms with Gasteiger partial charge >= 0.3 is 0 Å². The number of hydrogen-bond acceptors (Lipinski definition) is 5. The molecule has 3 atom stereocenters. The number of benzene rings is 1. The first-order valence-electron chi connectivity index (χ1n) is 7.79. The van der Waals surface area contributed by atoms with Gasteiger partial charge in [0.15, 0.2) is 0 Å². The third kappa shape index (κ3) is 3.43. The molecule has 0 spiro atoms. The molecule has 0 bridgehead atoms. The minimum atomic E-state index is -3.39. The predicted octanol–water partition coefficient (Wildman–Crippen LogP) is 0.479. The molecule has 0 aromatic heterocycles. The highest BCUT2D eigenvalue weighted by molar-refractivity contribution is 7.88. The highest BCUT2D eigenvalue weighted by atomic mass is 32.2. The lowest BCUT2D eigenvalue weighted by molar-refractivity contribution is -0.0156. The van der Waals surface area contributed by atoms with Crippen LogP contribution in [0.1, 0.15) is 28.8 Å². The molecule has 2 heterocycles. The lowest BCUT2D eigenvalue weighted by atomic mass is 10.0. The number of likely N-dealkylation sites (tertiary alicyclic amines) is 1. The Bertz CT molecular complexity index is 787. The average molecular weight is 349 g/mol. The number of nitrogens with one attached hydrogen (secondary N) is 1. The van der Waals surface area contributed by atoms with Crippen molar-refractivity contribution in [2.24, 2.45) is 0 Å². The number of nitrogens with zero attached hydrogens (tertiary/aromatic N) is 2. The van der Waals surface area contributed by atoms with Gasteiger partial charge in [-0.1, -0.05) is 6.07 Å². The number of ether oxygens (including phenoxy) is 1. The Balaban J connectivity index is 1.86. The van der Waals surface area contributed by atoms with E-state index in [0.717, 1.165) is 19.1 Å². The van der Waals surface area contributed by atoms with Gasteiger partial charge in [-0.3, -0.25) is 4.79 Å². The van der Waals surface area contributed by atoms with Crippen LogP contribution < -0.4 is 4.72 Å². The molecule has 2 aliphatic rings. The summed E-state index contributed by atoms with van der Waals surface area (Å²) in [5, 5.41) is 8.99. The number of sulfonamides is 1. The van der Waals surface area contributed by atoms with Gasteiger partial charge in [-0.15, -0.1) is 0 Å². The van der Waals surface area contributed by atoms with Gasteiger partial charge in [0, 0.05) is 18.7 Å². The van der Waals surface area contributed by atoms with Crippen molar-refractivity contribution in [3.05, 3.63) is 35.4 Å². The molecule has 0 aliphatic carbocycles. The van der Waals surface area contributed by atoms with Crippen molar-refractivity contribution in [2.45, 2.75) is 31.0 Å². The van der Waals surface area contributed by atoms with Crippen LogP contribution >= 0.6 is 0 Å². The zero-order valence-corrected chi connectivity index (χ0v) is 14.1. The minimum Gasteiger partial charge on any atom is -0.374 e. The number of amides is 1. The van der Waals surface area contributed by atoms with Gasteiger partial charge in [0.25, 0.3) is 5.91 Å². The first kappa shape index (κ1) is 16.9. The molecule has 1 amide bonds. The monoisotopic (exact) mass is 349 g/mol. The van der Waals surface area contributed by atoms with Crippen molar-refractivity contribution in [2.75, 3.05) is 19.4 Å². The summed E-state index contributed by atoms with van der Waals surface area (Å²) in [7, 11) is -3.39. The van der Waals surface area contributed by atoms with Crippen molar-refractivity contribution >= 4 is 15.9 Å². The molecule has 0 radical (unpaired) electrons. The molecule has 8 heteroatoms. The quantitative estimate of drug-likeness (QED) is 0.855. The molecule has 2 aliphatic heterocycles. The van der Waals surface area contributed by atoms with E-state index < -0.39 is 16.1 Å². The van der Waals surface area contributed by atoms with Crippen LogP contribution in [0.4, 0.5) is 0 Å². The van der Waals surface area contributed by atoms with Crippen LogP contribution in [0.2, 0.25) is 0 Å². The molecule has 0 unspecified atom stereocenters. The standard InChI is InChI=1S/C16H19N3O4S/c1-24(21,22)18-13-10-19(14-6-3-7-23-15(13)14)16(20)12-5-2-4-11(8-12)9-17/h2,4-5,8,13-15,18H,3,6-7,10H2,1H3/t13-,14+,15+/m1/s1. The Morgan fingerprint density at radius 2 is 2.25 bits per heavy atom. The molecule has 7 nitrogen and oxygen atoms in total. The van der Waals surface area contributed by atoms with Gasteiger partial charge in [-0.25, -0.2) is 13.1 Å². The lowest BCUT2D eigenvalue weighted by Gasteiger charge is -2.32. The Labute approximate surface area is 141 Å². The fourth-order valence-corrected chi connectivity index (χ4v) is 4.21. The topological polar surface area (TPSA) is 99.5 Å². The van der Waals surface area contributed by atoms with Gasteiger partial charge < -0.3 is 9.64 Å². The van der Waals surface area contributed by atoms with Crippen LogP contribution in [-0.4, -0.2) is 56.8 Å². The number of fused-ring (bicyclic) bond motifs is 1. The number of carbonyl (C=O) groups is 1. The van der Waals surface area contributed by atoms with Crippen LogP contribution in [0.25, 0.3) is 0 Å². The molecule has 2 fully saturated rings. The molecule has 1 aromatic rings. The van der Waals surface area contributed by atoms with Crippen molar-refractivity contribution in [3.63, 3.8) is 0 Å². The van der Waals surface area contributed by atoms with E-state index in [4.69, 9.17) is 10.00 Å². The Morgan fingerprint density at radius 1 is 1.46 bits per heavy atom. The summed E-state index contributed by atoms with van der Waals surface area (Å²) in [6, 6.07) is 7.94. The maximum Gasteiger partial charge on any atom is 0.254 e. The molecule has 1 aromatic carbocycles. The van der Waals surface area contributed by atoms with Crippen molar-refractivity contribution in [3.8, 4) is 6.07 Å². The Hall–Kier alpha value is -1.95. The highest BCUT2D eigenvalue weighted by Gasteiger charge is 2.47. The maximum absolute atomic E-state index is 12.9. The second kappa shape index (κ2) is 6.51. The molecule has 24 heavy (non-hydrogen) atoms. The third-order valence-corrected chi connectivity index (χ3v) is 5.12. The first-order valence-corrected chi connectivity index (χ1v) is 9.68. The summed E-state index contributed by atoms with van der Waals surface area (Å²) >= 11 is 0. The average Bonchev–Trinajstić information content (AvgIpc) is 2.91. The zero-order valence-electron chi connectivity index (χ0n) is 13.3. The number of nitriles is 1. The SMILES string of the molecule is CS(=O)(=O)N[C@@H]1CN(C(=O)c2cccc(C#N)c2)[C@H]2CCCO[C@@H]12. The molecule has 128 valence electrons. The zero-order chi connectivity index (χ0) is 17.3. The van der Waals surface area contributed by atoms with Crippen molar-refractivity contribution in [1.29, 1.82) is 5.26 Å². The lowest BCUT2D eigenvalue weighted by Crippen LogP contribution is -2.47. The fourth-order valence-electron chi connectivity index (χ4n) is 3.46. The van der Waals surface area contributed by atoms with Gasteiger partial charge in [-0.2, -0.15) is 5.26 Å². The molecule has 1 N–H and O–H groups in total. The van der Waals surface area contributed by atoms with Crippen LogP contribution in [-0.2, 0) is 14.8 Å². The van der Waals surface area contributed by atoms with Crippen LogP contribution in [0, 0.1) is 11.3 Å². The predicted molar refractivity (Wildman–Crippen MR) is 86.7 cm³/mol. The van der Waals surface area contributed by atoms with Gasteiger partial charge in [0.05, 0.1) is 36.1 Å². The first-order chi connectivity index (χ1) is 11.4. The van der Waals surface area contributed by atoms with Gasteiger partial charge in [0.2, 0.25) is 10.0 Å².